The van der Waals surface area contributed by atoms with E-state index in [4.69, 9.17) is 11.6 Å². The Morgan fingerprint density at radius 2 is 1.95 bits per heavy atom. The molecule has 2 aromatic carbocycles. The number of aromatic nitrogens is 2. The minimum absolute atomic E-state index is 0.0198. The van der Waals surface area contributed by atoms with Gasteiger partial charge in [0.1, 0.15) is 11.6 Å². The molecule has 0 aliphatic heterocycles. The van der Waals surface area contributed by atoms with Gasteiger partial charge in [-0.15, -0.1) is 0 Å². The van der Waals surface area contributed by atoms with Gasteiger partial charge in [0.25, 0.3) is 5.56 Å². The molecule has 4 nitrogen and oxygen atoms in total. The molecule has 0 amide bonds. The van der Waals surface area contributed by atoms with Crippen molar-refractivity contribution < 1.29 is 5.11 Å². The smallest absolute Gasteiger partial charge is 0.259 e. The molecule has 0 radical (unpaired) electrons. The maximum Gasteiger partial charge on any atom is 0.259 e. The molecule has 0 bridgehead atoms. The van der Waals surface area contributed by atoms with E-state index < -0.39 is 0 Å². The SMILES string of the molecule is O=c1[nH]c(-c2ccc(O)c(Cl)c2)nc2c(Br)cc(Br)cc12. The summed E-state index contributed by atoms with van der Waals surface area (Å²) in [6.45, 7) is 0. The fourth-order valence-electron chi connectivity index (χ4n) is 1.96. The Balaban J connectivity index is 2.30. The summed E-state index contributed by atoms with van der Waals surface area (Å²) in [5, 5.41) is 10.1. The van der Waals surface area contributed by atoms with Crippen LogP contribution in [0.1, 0.15) is 0 Å². The fraction of sp³-hybridized carbons (Fsp3) is 0. The lowest BCUT2D eigenvalue weighted by Gasteiger charge is -2.06. The van der Waals surface area contributed by atoms with Crippen LogP contribution >= 0.6 is 43.5 Å². The molecule has 1 aromatic heterocycles. The number of phenolic OH excluding ortho intramolecular Hbond substituents is 1. The average molecular weight is 430 g/mol. The first-order valence-electron chi connectivity index (χ1n) is 5.83. The Labute approximate surface area is 141 Å². The van der Waals surface area contributed by atoms with Gasteiger partial charge in [0, 0.05) is 14.5 Å². The van der Waals surface area contributed by atoms with Gasteiger partial charge < -0.3 is 10.1 Å². The summed E-state index contributed by atoms with van der Waals surface area (Å²) in [5.74, 6) is 0.367. The number of rotatable bonds is 1. The minimum Gasteiger partial charge on any atom is -0.506 e. The van der Waals surface area contributed by atoms with Crippen LogP contribution in [0.3, 0.4) is 0 Å². The molecule has 21 heavy (non-hydrogen) atoms. The Morgan fingerprint density at radius 1 is 1.19 bits per heavy atom. The van der Waals surface area contributed by atoms with Gasteiger partial charge in [-0.2, -0.15) is 0 Å². The normalized spacial score (nSPS) is 11.0. The van der Waals surface area contributed by atoms with E-state index in [0.29, 0.717) is 26.8 Å². The van der Waals surface area contributed by atoms with Crippen LogP contribution in [-0.2, 0) is 0 Å². The summed E-state index contributed by atoms with van der Waals surface area (Å²) in [5.41, 5.74) is 0.925. The number of nitrogens with zero attached hydrogens (tertiary/aromatic N) is 1. The van der Waals surface area contributed by atoms with E-state index in [0.717, 1.165) is 4.47 Å². The van der Waals surface area contributed by atoms with Crippen molar-refractivity contribution >= 4 is 54.4 Å². The monoisotopic (exact) mass is 428 g/mol. The van der Waals surface area contributed by atoms with Crippen LogP contribution in [0.2, 0.25) is 5.02 Å². The quantitative estimate of drug-likeness (QED) is 0.599. The standard InChI is InChI=1S/C14H7Br2ClN2O2/c15-7-4-8-12(9(16)5-7)18-13(19-14(8)21)6-1-2-11(20)10(17)3-6/h1-5,20H,(H,18,19,21). The topological polar surface area (TPSA) is 66.0 Å². The van der Waals surface area contributed by atoms with Gasteiger partial charge in [-0.1, -0.05) is 27.5 Å². The first-order chi connectivity index (χ1) is 9.95. The van der Waals surface area contributed by atoms with Crippen molar-refractivity contribution in [3.63, 3.8) is 0 Å². The first-order valence-corrected chi connectivity index (χ1v) is 7.80. The summed E-state index contributed by atoms with van der Waals surface area (Å²) in [4.78, 5) is 19.4. The van der Waals surface area contributed by atoms with Crippen LogP contribution in [0.5, 0.6) is 5.75 Å². The van der Waals surface area contributed by atoms with E-state index in [9.17, 15) is 9.90 Å². The molecule has 3 rings (SSSR count). The number of H-pyrrole nitrogens is 1. The van der Waals surface area contributed by atoms with E-state index in [-0.39, 0.29) is 16.3 Å². The van der Waals surface area contributed by atoms with Gasteiger partial charge in [-0.05, 0) is 46.3 Å². The van der Waals surface area contributed by atoms with Gasteiger partial charge >= 0.3 is 0 Å². The number of hydrogen-bond donors (Lipinski definition) is 2. The molecule has 0 unspecified atom stereocenters. The highest BCUT2D eigenvalue weighted by Crippen LogP contribution is 2.30. The van der Waals surface area contributed by atoms with Gasteiger partial charge in [0.15, 0.2) is 0 Å². The average Bonchev–Trinajstić information content (AvgIpc) is 2.43. The summed E-state index contributed by atoms with van der Waals surface area (Å²) in [6, 6.07) is 8.17. The highest BCUT2D eigenvalue weighted by atomic mass is 79.9. The summed E-state index contributed by atoms with van der Waals surface area (Å²) in [7, 11) is 0. The number of nitrogens with one attached hydrogen (secondary N) is 1. The highest BCUT2D eigenvalue weighted by molar-refractivity contribution is 9.11. The Bertz CT molecular complexity index is 925. The van der Waals surface area contributed by atoms with Crippen LogP contribution in [0.25, 0.3) is 22.3 Å². The molecule has 3 aromatic rings. The lowest BCUT2D eigenvalue weighted by atomic mass is 10.2. The van der Waals surface area contributed by atoms with Crippen LogP contribution in [0.15, 0.2) is 44.1 Å². The third kappa shape index (κ3) is 2.71. The molecule has 0 aliphatic carbocycles. The molecule has 0 saturated heterocycles. The molecule has 0 fully saturated rings. The number of hydrogen-bond acceptors (Lipinski definition) is 3. The van der Waals surface area contributed by atoms with E-state index >= 15 is 0 Å². The van der Waals surface area contributed by atoms with Crippen molar-refractivity contribution in [2.45, 2.75) is 0 Å². The molecule has 0 spiro atoms. The number of halogens is 3. The number of phenols is 1. The van der Waals surface area contributed by atoms with Crippen molar-refractivity contribution in [2.24, 2.45) is 0 Å². The van der Waals surface area contributed by atoms with Gasteiger partial charge in [0.2, 0.25) is 0 Å². The zero-order valence-electron chi connectivity index (χ0n) is 10.3. The van der Waals surface area contributed by atoms with Crippen molar-refractivity contribution in [3.8, 4) is 17.1 Å². The molecule has 1 heterocycles. The molecular weight excluding hydrogens is 423 g/mol. The molecular formula is C14H7Br2ClN2O2. The fourth-order valence-corrected chi connectivity index (χ4v) is 3.45. The van der Waals surface area contributed by atoms with Crippen LogP contribution in [0, 0.1) is 0 Å². The largest absolute Gasteiger partial charge is 0.506 e. The molecule has 106 valence electrons. The van der Waals surface area contributed by atoms with Crippen molar-refractivity contribution in [1.29, 1.82) is 0 Å². The van der Waals surface area contributed by atoms with Crippen LogP contribution in [0.4, 0.5) is 0 Å². The predicted octanol–water partition coefficient (Wildman–Crippen LogP) is 4.47. The second-order valence-corrected chi connectivity index (χ2v) is 6.54. The summed E-state index contributed by atoms with van der Waals surface area (Å²) >= 11 is 12.6. The maximum atomic E-state index is 12.2. The van der Waals surface area contributed by atoms with Gasteiger partial charge in [0.05, 0.1) is 15.9 Å². The van der Waals surface area contributed by atoms with Crippen molar-refractivity contribution in [2.75, 3.05) is 0 Å². The first kappa shape index (κ1) is 14.6. The molecule has 0 aliphatic rings. The van der Waals surface area contributed by atoms with Crippen molar-refractivity contribution in [3.05, 3.63) is 54.7 Å². The lowest BCUT2D eigenvalue weighted by Crippen LogP contribution is -2.10. The maximum absolute atomic E-state index is 12.2. The summed E-state index contributed by atoms with van der Waals surface area (Å²) < 4.78 is 1.50. The second kappa shape index (κ2) is 5.44. The highest BCUT2D eigenvalue weighted by Gasteiger charge is 2.11. The number of aromatic hydroxyl groups is 1. The van der Waals surface area contributed by atoms with Crippen molar-refractivity contribution in [1.82, 2.24) is 9.97 Å². The third-order valence-corrected chi connectivity index (χ3v) is 4.31. The Morgan fingerprint density at radius 3 is 2.67 bits per heavy atom. The number of benzene rings is 2. The summed E-state index contributed by atoms with van der Waals surface area (Å²) in [6.07, 6.45) is 0. The Kier molecular flexibility index (Phi) is 3.77. The predicted molar refractivity (Wildman–Crippen MR) is 89.9 cm³/mol. The van der Waals surface area contributed by atoms with E-state index in [2.05, 4.69) is 41.8 Å². The lowest BCUT2D eigenvalue weighted by molar-refractivity contribution is 0.475. The minimum atomic E-state index is -0.249. The molecule has 2 N–H and O–H groups in total. The zero-order valence-corrected chi connectivity index (χ0v) is 14.3. The van der Waals surface area contributed by atoms with E-state index in [1.54, 1.807) is 18.2 Å². The molecule has 0 atom stereocenters. The van der Waals surface area contributed by atoms with Gasteiger partial charge in [-0.25, -0.2) is 4.98 Å². The van der Waals surface area contributed by atoms with Gasteiger partial charge in [-0.3, -0.25) is 4.79 Å². The molecule has 7 heteroatoms. The third-order valence-electron chi connectivity index (χ3n) is 2.95. The van der Waals surface area contributed by atoms with Crippen LogP contribution < -0.4 is 5.56 Å². The number of fused-ring (bicyclic) bond motifs is 1. The number of aromatic amines is 1. The van der Waals surface area contributed by atoms with E-state index in [1.165, 1.54) is 6.07 Å². The zero-order chi connectivity index (χ0) is 15.1. The second-order valence-electron chi connectivity index (χ2n) is 4.36. The Hall–Kier alpha value is -1.37. The molecule has 0 saturated carbocycles. The van der Waals surface area contributed by atoms with E-state index in [1.807, 2.05) is 6.07 Å². The van der Waals surface area contributed by atoms with Crippen LogP contribution in [-0.4, -0.2) is 15.1 Å².